The third-order valence-electron chi connectivity index (χ3n) is 3.64. The van der Waals surface area contributed by atoms with E-state index in [-0.39, 0.29) is 5.91 Å². The average Bonchev–Trinajstić information content (AvgIpc) is 3.08. The molecule has 3 rings (SSSR count). The Bertz CT molecular complexity index is 944. The number of amides is 1. The summed E-state index contributed by atoms with van der Waals surface area (Å²) < 4.78 is 7.17. The molecule has 140 valence electrons. The fraction of sp³-hybridized carbons (Fsp3) is 0.167. The van der Waals surface area contributed by atoms with Crippen LogP contribution in [0, 0.1) is 0 Å². The molecule has 3 aromatic rings. The standard InChI is InChI=1S/C18H16Cl2N4O2S/c1-11(17(25)22-14-8-12(19)7-13(20)9-14)27-18-23-21-10-24(18)15-5-3-4-6-16(15)26-2/h3-11H,1-2H3,(H,22,25)/t11-/m0/s1. The number of carbonyl (C=O) groups is 1. The number of hydrogen-bond acceptors (Lipinski definition) is 5. The van der Waals surface area contributed by atoms with E-state index in [0.29, 0.717) is 26.6 Å². The number of anilines is 1. The van der Waals surface area contributed by atoms with Gasteiger partial charge in [0, 0.05) is 15.7 Å². The van der Waals surface area contributed by atoms with Gasteiger partial charge in [0.05, 0.1) is 18.0 Å². The number of carbonyl (C=O) groups excluding carboxylic acids is 1. The number of hydrogen-bond donors (Lipinski definition) is 1. The van der Waals surface area contributed by atoms with Crippen molar-refractivity contribution in [3.63, 3.8) is 0 Å². The van der Waals surface area contributed by atoms with Gasteiger partial charge in [-0.25, -0.2) is 0 Å². The number of nitrogens with one attached hydrogen (secondary N) is 1. The molecule has 1 amide bonds. The van der Waals surface area contributed by atoms with Crippen molar-refractivity contribution in [1.29, 1.82) is 0 Å². The number of ether oxygens (including phenoxy) is 1. The van der Waals surface area contributed by atoms with Crippen molar-refractivity contribution in [3.05, 3.63) is 58.8 Å². The molecule has 1 heterocycles. The van der Waals surface area contributed by atoms with E-state index < -0.39 is 5.25 Å². The number of para-hydroxylation sites is 2. The van der Waals surface area contributed by atoms with E-state index in [9.17, 15) is 4.79 Å². The van der Waals surface area contributed by atoms with Gasteiger partial charge in [0.15, 0.2) is 5.16 Å². The predicted molar refractivity (Wildman–Crippen MR) is 108 cm³/mol. The lowest BCUT2D eigenvalue weighted by atomic mass is 10.3. The van der Waals surface area contributed by atoms with Crippen molar-refractivity contribution in [2.45, 2.75) is 17.3 Å². The molecule has 9 heteroatoms. The van der Waals surface area contributed by atoms with E-state index >= 15 is 0 Å². The van der Waals surface area contributed by atoms with Gasteiger partial charge < -0.3 is 10.1 Å². The van der Waals surface area contributed by atoms with E-state index in [2.05, 4.69) is 15.5 Å². The van der Waals surface area contributed by atoms with Crippen LogP contribution in [0.15, 0.2) is 53.9 Å². The zero-order valence-electron chi connectivity index (χ0n) is 14.5. The van der Waals surface area contributed by atoms with Crippen LogP contribution in [0.4, 0.5) is 5.69 Å². The zero-order chi connectivity index (χ0) is 19.4. The molecule has 2 aromatic carbocycles. The monoisotopic (exact) mass is 422 g/mol. The first-order valence-corrected chi connectivity index (χ1v) is 9.58. The fourth-order valence-electron chi connectivity index (χ4n) is 2.38. The summed E-state index contributed by atoms with van der Waals surface area (Å²) in [5.74, 6) is 0.484. The van der Waals surface area contributed by atoms with Gasteiger partial charge in [-0.15, -0.1) is 10.2 Å². The first-order valence-electron chi connectivity index (χ1n) is 7.95. The largest absolute Gasteiger partial charge is 0.495 e. The molecule has 0 aliphatic carbocycles. The highest BCUT2D eigenvalue weighted by molar-refractivity contribution is 8.00. The van der Waals surface area contributed by atoms with Gasteiger partial charge in [0.1, 0.15) is 12.1 Å². The van der Waals surface area contributed by atoms with Crippen LogP contribution in [-0.4, -0.2) is 33.0 Å². The Morgan fingerprint density at radius 3 is 2.63 bits per heavy atom. The minimum absolute atomic E-state index is 0.201. The van der Waals surface area contributed by atoms with Crippen LogP contribution in [0.1, 0.15) is 6.92 Å². The fourth-order valence-corrected chi connectivity index (χ4v) is 3.74. The first-order chi connectivity index (χ1) is 13.0. The average molecular weight is 423 g/mol. The molecule has 0 saturated heterocycles. The molecule has 27 heavy (non-hydrogen) atoms. The van der Waals surface area contributed by atoms with Crippen LogP contribution < -0.4 is 10.1 Å². The summed E-state index contributed by atoms with van der Waals surface area (Å²) in [7, 11) is 1.60. The molecular formula is C18H16Cl2N4O2S. The molecule has 0 saturated carbocycles. The van der Waals surface area contributed by atoms with Crippen LogP contribution in [-0.2, 0) is 4.79 Å². The molecule has 0 fully saturated rings. The first kappa shape index (κ1) is 19.5. The van der Waals surface area contributed by atoms with Crippen molar-refractivity contribution in [1.82, 2.24) is 14.8 Å². The van der Waals surface area contributed by atoms with Crippen LogP contribution in [0.2, 0.25) is 10.0 Å². The number of nitrogens with zero attached hydrogens (tertiary/aromatic N) is 3. The highest BCUT2D eigenvalue weighted by Crippen LogP contribution is 2.29. The quantitative estimate of drug-likeness (QED) is 0.582. The molecule has 1 atom stereocenters. The van der Waals surface area contributed by atoms with Gasteiger partial charge in [0.2, 0.25) is 5.91 Å². The number of aromatic nitrogens is 3. The molecule has 0 spiro atoms. The minimum atomic E-state index is -0.430. The second-order valence-corrected chi connectivity index (χ2v) is 7.74. The Balaban J connectivity index is 1.76. The van der Waals surface area contributed by atoms with Gasteiger partial charge in [-0.3, -0.25) is 9.36 Å². The third kappa shape index (κ3) is 4.74. The van der Waals surface area contributed by atoms with E-state index in [1.807, 2.05) is 24.3 Å². The molecule has 0 bridgehead atoms. The molecular weight excluding hydrogens is 407 g/mol. The highest BCUT2D eigenvalue weighted by Gasteiger charge is 2.20. The minimum Gasteiger partial charge on any atom is -0.495 e. The van der Waals surface area contributed by atoms with Gasteiger partial charge >= 0.3 is 0 Å². The molecule has 1 N–H and O–H groups in total. The normalized spacial score (nSPS) is 11.9. The van der Waals surface area contributed by atoms with Gasteiger partial charge in [-0.1, -0.05) is 47.1 Å². The van der Waals surface area contributed by atoms with Crippen molar-refractivity contribution < 1.29 is 9.53 Å². The van der Waals surface area contributed by atoms with E-state index in [1.165, 1.54) is 11.8 Å². The Labute approximate surface area is 170 Å². The predicted octanol–water partition coefficient (Wildman–Crippen LogP) is 4.70. The number of rotatable bonds is 6. The Kier molecular flexibility index (Phi) is 6.26. The Hall–Kier alpha value is -2.22. The van der Waals surface area contributed by atoms with Crippen molar-refractivity contribution >= 4 is 46.6 Å². The van der Waals surface area contributed by atoms with Crippen molar-refractivity contribution in [2.24, 2.45) is 0 Å². The van der Waals surface area contributed by atoms with Crippen molar-refractivity contribution in [2.75, 3.05) is 12.4 Å². The number of halogens is 2. The van der Waals surface area contributed by atoms with Gasteiger partial charge in [-0.05, 0) is 37.3 Å². The second kappa shape index (κ2) is 8.65. The molecule has 0 aliphatic heterocycles. The maximum atomic E-state index is 12.5. The Morgan fingerprint density at radius 1 is 1.22 bits per heavy atom. The summed E-state index contributed by atoms with van der Waals surface area (Å²) in [4.78, 5) is 12.5. The van der Waals surface area contributed by atoms with Gasteiger partial charge in [-0.2, -0.15) is 0 Å². The van der Waals surface area contributed by atoms with E-state index in [0.717, 1.165) is 5.69 Å². The maximum absolute atomic E-state index is 12.5. The maximum Gasteiger partial charge on any atom is 0.237 e. The topological polar surface area (TPSA) is 69.0 Å². The smallest absolute Gasteiger partial charge is 0.237 e. The molecule has 0 aliphatic rings. The van der Waals surface area contributed by atoms with Crippen LogP contribution in [0.5, 0.6) is 5.75 Å². The second-order valence-electron chi connectivity index (χ2n) is 5.56. The van der Waals surface area contributed by atoms with Gasteiger partial charge in [0.25, 0.3) is 0 Å². The summed E-state index contributed by atoms with van der Waals surface area (Å²) in [6.45, 7) is 1.79. The van der Waals surface area contributed by atoms with Crippen LogP contribution in [0.3, 0.4) is 0 Å². The van der Waals surface area contributed by atoms with E-state index in [4.69, 9.17) is 27.9 Å². The summed E-state index contributed by atoms with van der Waals surface area (Å²) in [5, 5.41) is 11.9. The van der Waals surface area contributed by atoms with Crippen LogP contribution in [0.25, 0.3) is 5.69 Å². The number of thioether (sulfide) groups is 1. The lowest BCUT2D eigenvalue weighted by molar-refractivity contribution is -0.115. The summed E-state index contributed by atoms with van der Waals surface area (Å²) in [5.41, 5.74) is 1.33. The number of methoxy groups -OCH3 is 1. The van der Waals surface area contributed by atoms with Crippen molar-refractivity contribution in [3.8, 4) is 11.4 Å². The molecule has 6 nitrogen and oxygen atoms in total. The lowest BCUT2D eigenvalue weighted by Gasteiger charge is -2.14. The third-order valence-corrected chi connectivity index (χ3v) is 5.14. The highest BCUT2D eigenvalue weighted by atomic mass is 35.5. The van der Waals surface area contributed by atoms with E-state index in [1.54, 1.807) is 43.1 Å². The summed E-state index contributed by atoms with van der Waals surface area (Å²) >= 11 is 13.2. The molecule has 1 aromatic heterocycles. The zero-order valence-corrected chi connectivity index (χ0v) is 16.8. The molecule has 0 radical (unpaired) electrons. The summed E-state index contributed by atoms with van der Waals surface area (Å²) in [6.07, 6.45) is 1.58. The summed E-state index contributed by atoms with van der Waals surface area (Å²) in [6, 6.07) is 12.4. The Morgan fingerprint density at radius 2 is 1.93 bits per heavy atom. The molecule has 0 unspecified atom stereocenters. The number of benzene rings is 2. The SMILES string of the molecule is COc1ccccc1-n1cnnc1S[C@@H](C)C(=O)Nc1cc(Cl)cc(Cl)c1. The lowest BCUT2D eigenvalue weighted by Crippen LogP contribution is -2.22. The van der Waals surface area contributed by atoms with Crippen LogP contribution >= 0.6 is 35.0 Å².